The van der Waals surface area contributed by atoms with Crippen molar-refractivity contribution in [1.82, 2.24) is 4.98 Å². The van der Waals surface area contributed by atoms with Crippen molar-refractivity contribution in [3.8, 4) is 5.19 Å². The van der Waals surface area contributed by atoms with E-state index in [1.54, 1.807) is 6.20 Å². The van der Waals surface area contributed by atoms with Gasteiger partial charge in [0.25, 0.3) is 5.19 Å². The molecule has 0 saturated carbocycles. The zero-order valence-corrected chi connectivity index (χ0v) is 9.78. The Bertz CT molecular complexity index is 465. The van der Waals surface area contributed by atoms with E-state index in [4.69, 9.17) is 4.74 Å². The van der Waals surface area contributed by atoms with Gasteiger partial charge in [0, 0.05) is 6.21 Å². The number of hydrogen-bond donors (Lipinski definition) is 0. The number of ether oxygens (including phenoxy) is 1. The number of nitrogens with zero attached hydrogens (tertiary/aromatic N) is 2. The molecule has 3 nitrogen and oxygen atoms in total. The van der Waals surface area contributed by atoms with E-state index in [1.807, 2.05) is 43.5 Å². The first kappa shape index (κ1) is 10.8. The molecule has 1 heterocycles. The Labute approximate surface area is 98.5 Å². The quantitative estimate of drug-likeness (QED) is 0.758. The lowest BCUT2D eigenvalue weighted by atomic mass is 10.2. The molecular weight excluding hydrogens is 220 g/mol. The van der Waals surface area contributed by atoms with E-state index in [2.05, 4.69) is 9.98 Å². The highest BCUT2D eigenvalue weighted by atomic mass is 32.1. The molecule has 0 aliphatic rings. The Kier molecular flexibility index (Phi) is 3.66. The number of benzene rings is 1. The van der Waals surface area contributed by atoms with Crippen LogP contribution in [0.1, 0.15) is 12.5 Å². The molecule has 16 heavy (non-hydrogen) atoms. The van der Waals surface area contributed by atoms with E-state index >= 15 is 0 Å². The fourth-order valence-corrected chi connectivity index (χ4v) is 1.85. The molecule has 2 rings (SSSR count). The molecule has 0 saturated heterocycles. The molecule has 0 aliphatic carbocycles. The molecule has 0 atom stereocenters. The van der Waals surface area contributed by atoms with Gasteiger partial charge in [-0.1, -0.05) is 41.7 Å². The summed E-state index contributed by atoms with van der Waals surface area (Å²) in [7, 11) is 0. The highest BCUT2D eigenvalue weighted by Gasteiger charge is 1.99. The Hall–Kier alpha value is -1.68. The van der Waals surface area contributed by atoms with Gasteiger partial charge in [-0.05, 0) is 12.5 Å². The van der Waals surface area contributed by atoms with Crippen LogP contribution in [0.3, 0.4) is 0 Å². The second kappa shape index (κ2) is 5.42. The van der Waals surface area contributed by atoms with Crippen molar-refractivity contribution in [3.63, 3.8) is 0 Å². The second-order valence-corrected chi connectivity index (χ2v) is 4.04. The van der Waals surface area contributed by atoms with E-state index in [0.29, 0.717) is 11.8 Å². The molecule has 1 aromatic carbocycles. The molecule has 1 aromatic heterocycles. The van der Waals surface area contributed by atoms with Gasteiger partial charge in [0.05, 0.1) is 12.8 Å². The molecule has 0 amide bonds. The Balaban J connectivity index is 2.06. The van der Waals surface area contributed by atoms with E-state index in [1.165, 1.54) is 11.3 Å². The van der Waals surface area contributed by atoms with Gasteiger partial charge >= 0.3 is 0 Å². The molecule has 0 unspecified atom stereocenters. The van der Waals surface area contributed by atoms with Gasteiger partial charge in [0.2, 0.25) is 0 Å². The fourth-order valence-electron chi connectivity index (χ4n) is 1.18. The van der Waals surface area contributed by atoms with Crippen LogP contribution in [0.5, 0.6) is 5.19 Å². The molecular formula is C12H12N2OS. The van der Waals surface area contributed by atoms with Gasteiger partial charge < -0.3 is 4.74 Å². The molecule has 0 bridgehead atoms. The van der Waals surface area contributed by atoms with Crippen LogP contribution in [0, 0.1) is 0 Å². The SMILES string of the molecule is CCOc1ncc(N=Cc2ccccc2)s1. The Morgan fingerprint density at radius 3 is 2.94 bits per heavy atom. The topological polar surface area (TPSA) is 34.5 Å². The summed E-state index contributed by atoms with van der Waals surface area (Å²) in [5.41, 5.74) is 1.08. The molecule has 0 spiro atoms. The van der Waals surface area contributed by atoms with E-state index in [0.717, 1.165) is 10.6 Å². The zero-order valence-electron chi connectivity index (χ0n) is 8.96. The van der Waals surface area contributed by atoms with Crippen molar-refractivity contribution in [3.05, 3.63) is 42.1 Å². The fraction of sp³-hybridized carbons (Fsp3) is 0.167. The van der Waals surface area contributed by atoms with Crippen LogP contribution in [0.2, 0.25) is 0 Å². The third kappa shape index (κ3) is 2.90. The van der Waals surface area contributed by atoms with Crippen molar-refractivity contribution in [2.75, 3.05) is 6.61 Å². The zero-order chi connectivity index (χ0) is 11.2. The van der Waals surface area contributed by atoms with Crippen molar-refractivity contribution >= 4 is 22.6 Å². The van der Waals surface area contributed by atoms with Crippen molar-refractivity contribution < 1.29 is 4.74 Å². The summed E-state index contributed by atoms with van der Waals surface area (Å²) in [6.07, 6.45) is 3.54. The number of hydrogen-bond acceptors (Lipinski definition) is 4. The smallest absolute Gasteiger partial charge is 0.275 e. The molecule has 4 heteroatoms. The molecule has 0 radical (unpaired) electrons. The van der Waals surface area contributed by atoms with Crippen LogP contribution in [-0.4, -0.2) is 17.8 Å². The maximum Gasteiger partial charge on any atom is 0.275 e. The summed E-state index contributed by atoms with van der Waals surface area (Å²) in [4.78, 5) is 8.43. The van der Waals surface area contributed by atoms with Crippen molar-refractivity contribution in [1.29, 1.82) is 0 Å². The van der Waals surface area contributed by atoms with Gasteiger partial charge in [-0.15, -0.1) is 0 Å². The van der Waals surface area contributed by atoms with Crippen molar-refractivity contribution in [2.45, 2.75) is 6.92 Å². The normalized spacial score (nSPS) is 10.8. The minimum absolute atomic E-state index is 0.634. The largest absolute Gasteiger partial charge is 0.470 e. The minimum Gasteiger partial charge on any atom is -0.470 e. The van der Waals surface area contributed by atoms with Crippen molar-refractivity contribution in [2.24, 2.45) is 4.99 Å². The van der Waals surface area contributed by atoms with Gasteiger partial charge in [0.15, 0.2) is 0 Å². The molecule has 0 aliphatic heterocycles. The van der Waals surface area contributed by atoms with Gasteiger partial charge in [-0.3, -0.25) is 0 Å². The van der Waals surface area contributed by atoms with Crippen LogP contribution in [0.25, 0.3) is 0 Å². The molecule has 2 aromatic rings. The van der Waals surface area contributed by atoms with Crippen LogP contribution in [0.4, 0.5) is 5.00 Å². The Morgan fingerprint density at radius 2 is 2.19 bits per heavy atom. The lowest BCUT2D eigenvalue weighted by Gasteiger charge is -1.92. The first-order valence-electron chi connectivity index (χ1n) is 5.06. The minimum atomic E-state index is 0.634. The number of aromatic nitrogens is 1. The summed E-state index contributed by atoms with van der Waals surface area (Å²) in [6, 6.07) is 9.97. The third-order valence-corrected chi connectivity index (χ3v) is 2.70. The van der Waals surface area contributed by atoms with E-state index in [-0.39, 0.29) is 0 Å². The number of rotatable bonds is 4. The predicted octanol–water partition coefficient (Wildman–Crippen LogP) is 3.29. The summed E-state index contributed by atoms with van der Waals surface area (Å²) >= 11 is 1.45. The monoisotopic (exact) mass is 232 g/mol. The van der Waals surface area contributed by atoms with E-state index in [9.17, 15) is 0 Å². The molecule has 82 valence electrons. The predicted molar refractivity (Wildman–Crippen MR) is 67.0 cm³/mol. The molecule has 0 N–H and O–H groups in total. The number of aliphatic imine (C=N–C) groups is 1. The molecule has 0 fully saturated rings. The first-order valence-corrected chi connectivity index (χ1v) is 5.88. The lowest BCUT2D eigenvalue weighted by Crippen LogP contribution is -1.88. The van der Waals surface area contributed by atoms with Gasteiger partial charge in [-0.2, -0.15) is 0 Å². The van der Waals surface area contributed by atoms with Crippen LogP contribution in [0.15, 0.2) is 41.5 Å². The Morgan fingerprint density at radius 1 is 1.38 bits per heavy atom. The average molecular weight is 232 g/mol. The summed E-state index contributed by atoms with van der Waals surface area (Å²) in [6.45, 7) is 2.57. The van der Waals surface area contributed by atoms with Crippen LogP contribution >= 0.6 is 11.3 Å². The maximum atomic E-state index is 5.27. The van der Waals surface area contributed by atoms with Gasteiger partial charge in [-0.25, -0.2) is 9.98 Å². The highest BCUT2D eigenvalue weighted by molar-refractivity contribution is 7.17. The number of thiazole rings is 1. The average Bonchev–Trinajstić information content (AvgIpc) is 2.76. The first-order chi connectivity index (χ1) is 7.88. The second-order valence-electron chi connectivity index (χ2n) is 3.07. The third-order valence-electron chi connectivity index (χ3n) is 1.88. The summed E-state index contributed by atoms with van der Waals surface area (Å²) in [5.74, 6) is 0. The highest BCUT2D eigenvalue weighted by Crippen LogP contribution is 2.27. The standard InChI is InChI=1S/C12H12N2OS/c1-2-15-12-14-9-11(16-12)13-8-10-6-4-3-5-7-10/h3-9H,2H2,1H3. The summed E-state index contributed by atoms with van der Waals surface area (Å²) in [5, 5.41) is 1.52. The lowest BCUT2D eigenvalue weighted by molar-refractivity contribution is 0.338. The van der Waals surface area contributed by atoms with Crippen LogP contribution < -0.4 is 4.74 Å². The van der Waals surface area contributed by atoms with Gasteiger partial charge in [0.1, 0.15) is 5.00 Å². The van der Waals surface area contributed by atoms with E-state index < -0.39 is 0 Å². The van der Waals surface area contributed by atoms with Crippen LogP contribution in [-0.2, 0) is 0 Å². The summed E-state index contributed by atoms with van der Waals surface area (Å²) < 4.78 is 5.27. The maximum absolute atomic E-state index is 5.27.